The minimum atomic E-state index is -0.110. The van der Waals surface area contributed by atoms with E-state index in [2.05, 4.69) is 17.1 Å². The summed E-state index contributed by atoms with van der Waals surface area (Å²) in [6, 6.07) is 10.3. The van der Waals surface area contributed by atoms with Gasteiger partial charge in [-0.3, -0.25) is 4.98 Å². The Hall–Kier alpha value is -1.41. The lowest BCUT2D eigenvalue weighted by atomic mass is 10.0. The number of benzene rings is 1. The van der Waals surface area contributed by atoms with Crippen LogP contribution < -0.4 is 0 Å². The van der Waals surface area contributed by atoms with Gasteiger partial charge in [-0.15, -0.1) is 0 Å². The highest BCUT2D eigenvalue weighted by molar-refractivity contribution is 5.78. The summed E-state index contributed by atoms with van der Waals surface area (Å²) in [7, 11) is 0. The number of hydrogen-bond donors (Lipinski definition) is 1. The third-order valence-electron chi connectivity index (χ3n) is 3.54. The van der Waals surface area contributed by atoms with E-state index >= 15 is 0 Å². The quantitative estimate of drug-likeness (QED) is 0.871. The van der Waals surface area contributed by atoms with Crippen LogP contribution in [0.5, 0.6) is 0 Å². The van der Waals surface area contributed by atoms with Gasteiger partial charge in [-0.1, -0.05) is 18.2 Å². The van der Waals surface area contributed by atoms with E-state index in [9.17, 15) is 5.11 Å². The Labute approximate surface area is 101 Å². The molecular weight excluding hydrogens is 210 g/mol. The predicted molar refractivity (Wildman–Crippen MR) is 68.8 cm³/mol. The first kappa shape index (κ1) is 10.7. The molecule has 1 aromatic heterocycles. The highest BCUT2D eigenvalue weighted by Gasteiger charge is 2.29. The molecule has 1 saturated carbocycles. The molecule has 88 valence electrons. The highest BCUT2D eigenvalue weighted by atomic mass is 16.3. The molecule has 1 aromatic carbocycles. The van der Waals surface area contributed by atoms with Crippen molar-refractivity contribution >= 4 is 10.9 Å². The zero-order valence-corrected chi connectivity index (χ0v) is 9.84. The van der Waals surface area contributed by atoms with Gasteiger partial charge in [0.15, 0.2) is 0 Å². The second kappa shape index (κ2) is 4.46. The highest BCUT2D eigenvalue weighted by Crippen LogP contribution is 2.34. The molecule has 1 fully saturated rings. The first-order chi connectivity index (χ1) is 8.33. The molecule has 0 aliphatic heterocycles. The lowest BCUT2D eigenvalue weighted by Crippen LogP contribution is -2.10. The Morgan fingerprint density at radius 3 is 2.94 bits per heavy atom. The second-order valence-electron chi connectivity index (χ2n) is 4.98. The van der Waals surface area contributed by atoms with Crippen LogP contribution in [0.1, 0.15) is 24.8 Å². The van der Waals surface area contributed by atoms with Gasteiger partial charge < -0.3 is 5.11 Å². The topological polar surface area (TPSA) is 33.1 Å². The van der Waals surface area contributed by atoms with Crippen molar-refractivity contribution in [3.05, 3.63) is 42.1 Å². The molecular formula is C15H17NO. The van der Waals surface area contributed by atoms with Gasteiger partial charge in [0.05, 0.1) is 11.6 Å². The number of rotatable bonds is 4. The Morgan fingerprint density at radius 1 is 1.29 bits per heavy atom. The van der Waals surface area contributed by atoms with Crippen molar-refractivity contribution in [3.63, 3.8) is 0 Å². The molecule has 17 heavy (non-hydrogen) atoms. The van der Waals surface area contributed by atoms with Crippen LogP contribution in [0.4, 0.5) is 0 Å². The first-order valence-corrected chi connectivity index (χ1v) is 6.35. The van der Waals surface area contributed by atoms with E-state index < -0.39 is 0 Å². The van der Waals surface area contributed by atoms with E-state index in [4.69, 9.17) is 0 Å². The Kier molecular flexibility index (Phi) is 2.81. The van der Waals surface area contributed by atoms with E-state index in [-0.39, 0.29) is 6.10 Å². The summed E-state index contributed by atoms with van der Waals surface area (Å²) in [5, 5.41) is 11.0. The van der Waals surface area contributed by atoms with Gasteiger partial charge in [-0.05, 0) is 49.3 Å². The van der Waals surface area contributed by atoms with Crippen LogP contribution in [-0.2, 0) is 6.42 Å². The first-order valence-electron chi connectivity index (χ1n) is 6.35. The summed E-state index contributed by atoms with van der Waals surface area (Å²) in [6.45, 7) is 0. The Bertz CT molecular complexity index is 519. The van der Waals surface area contributed by atoms with Gasteiger partial charge in [-0.25, -0.2) is 0 Å². The van der Waals surface area contributed by atoms with Gasteiger partial charge in [-0.2, -0.15) is 0 Å². The van der Waals surface area contributed by atoms with Gasteiger partial charge in [0.25, 0.3) is 0 Å². The van der Waals surface area contributed by atoms with Gasteiger partial charge in [0.2, 0.25) is 0 Å². The number of nitrogens with zero attached hydrogens (tertiary/aromatic N) is 1. The molecule has 3 rings (SSSR count). The van der Waals surface area contributed by atoms with Crippen molar-refractivity contribution < 1.29 is 5.11 Å². The van der Waals surface area contributed by atoms with Gasteiger partial charge >= 0.3 is 0 Å². The fourth-order valence-corrected chi connectivity index (χ4v) is 2.28. The van der Waals surface area contributed by atoms with Crippen LogP contribution in [0, 0.1) is 5.92 Å². The SMILES string of the molecule is OC(CCc1cnc2ccccc2c1)C1CC1. The van der Waals surface area contributed by atoms with E-state index in [1.807, 2.05) is 24.4 Å². The van der Waals surface area contributed by atoms with Crippen LogP contribution in [0.3, 0.4) is 0 Å². The molecule has 0 radical (unpaired) electrons. The molecule has 1 unspecified atom stereocenters. The number of pyridine rings is 1. The molecule has 2 aromatic rings. The standard InChI is InChI=1S/C15H17NO/c17-15(12-6-7-12)8-5-11-9-13-3-1-2-4-14(13)16-10-11/h1-4,9-10,12,15,17H,5-8H2. The Morgan fingerprint density at radius 2 is 2.12 bits per heavy atom. The van der Waals surface area contributed by atoms with Crippen molar-refractivity contribution in [1.82, 2.24) is 4.98 Å². The third kappa shape index (κ3) is 2.47. The van der Waals surface area contributed by atoms with E-state index in [1.165, 1.54) is 23.8 Å². The Balaban J connectivity index is 1.71. The lowest BCUT2D eigenvalue weighted by Gasteiger charge is -2.08. The largest absolute Gasteiger partial charge is 0.393 e. The van der Waals surface area contributed by atoms with Crippen molar-refractivity contribution in [2.45, 2.75) is 31.8 Å². The number of aliphatic hydroxyl groups excluding tert-OH is 1. The van der Waals surface area contributed by atoms with Crippen molar-refractivity contribution in [3.8, 4) is 0 Å². The van der Waals surface area contributed by atoms with Crippen LogP contribution in [0.2, 0.25) is 0 Å². The zero-order chi connectivity index (χ0) is 11.7. The molecule has 0 spiro atoms. The summed E-state index contributed by atoms with van der Waals surface area (Å²) < 4.78 is 0. The normalized spacial score (nSPS) is 17.2. The van der Waals surface area contributed by atoms with Crippen molar-refractivity contribution in [2.75, 3.05) is 0 Å². The third-order valence-corrected chi connectivity index (χ3v) is 3.54. The van der Waals surface area contributed by atoms with E-state index in [1.54, 1.807) is 0 Å². The number of aromatic nitrogens is 1. The average molecular weight is 227 g/mol. The van der Waals surface area contributed by atoms with E-state index in [0.29, 0.717) is 5.92 Å². The molecule has 1 aliphatic carbocycles. The molecule has 0 saturated heterocycles. The van der Waals surface area contributed by atoms with Crippen LogP contribution in [0.15, 0.2) is 36.5 Å². The van der Waals surface area contributed by atoms with E-state index in [0.717, 1.165) is 18.4 Å². The predicted octanol–water partition coefficient (Wildman–Crippen LogP) is 2.94. The van der Waals surface area contributed by atoms with Crippen LogP contribution in [0.25, 0.3) is 10.9 Å². The fraction of sp³-hybridized carbons (Fsp3) is 0.400. The summed E-state index contributed by atoms with van der Waals surface area (Å²) in [5.41, 5.74) is 2.27. The second-order valence-corrected chi connectivity index (χ2v) is 4.98. The summed E-state index contributed by atoms with van der Waals surface area (Å²) in [4.78, 5) is 4.44. The molecule has 1 N–H and O–H groups in total. The maximum atomic E-state index is 9.84. The van der Waals surface area contributed by atoms with Gasteiger partial charge in [0.1, 0.15) is 0 Å². The van der Waals surface area contributed by atoms with Crippen LogP contribution >= 0.6 is 0 Å². The molecule has 1 heterocycles. The summed E-state index contributed by atoms with van der Waals surface area (Å²) >= 11 is 0. The zero-order valence-electron chi connectivity index (χ0n) is 9.84. The molecule has 0 amide bonds. The number of fused-ring (bicyclic) bond motifs is 1. The fourth-order valence-electron chi connectivity index (χ4n) is 2.28. The monoisotopic (exact) mass is 227 g/mol. The number of aliphatic hydroxyl groups is 1. The number of aryl methyl sites for hydroxylation is 1. The molecule has 2 heteroatoms. The summed E-state index contributed by atoms with van der Waals surface area (Å²) in [6.07, 6.45) is 6.03. The van der Waals surface area contributed by atoms with Crippen molar-refractivity contribution in [1.29, 1.82) is 0 Å². The smallest absolute Gasteiger partial charge is 0.0702 e. The molecule has 1 aliphatic rings. The number of para-hydroxylation sites is 1. The summed E-state index contributed by atoms with van der Waals surface area (Å²) in [5.74, 6) is 0.573. The number of hydrogen-bond acceptors (Lipinski definition) is 2. The lowest BCUT2D eigenvalue weighted by molar-refractivity contribution is 0.142. The maximum Gasteiger partial charge on any atom is 0.0702 e. The van der Waals surface area contributed by atoms with Crippen molar-refractivity contribution in [2.24, 2.45) is 5.92 Å². The van der Waals surface area contributed by atoms with Gasteiger partial charge in [0, 0.05) is 11.6 Å². The maximum absolute atomic E-state index is 9.84. The minimum absolute atomic E-state index is 0.110. The van der Waals surface area contributed by atoms with Crippen LogP contribution in [-0.4, -0.2) is 16.2 Å². The minimum Gasteiger partial charge on any atom is -0.393 e. The average Bonchev–Trinajstić information content (AvgIpc) is 3.20. The molecule has 2 nitrogen and oxygen atoms in total. The molecule has 1 atom stereocenters. The molecule has 0 bridgehead atoms.